The molecule has 0 aromatic carbocycles. The highest BCUT2D eigenvalue weighted by atomic mass is 127. The van der Waals surface area contributed by atoms with Gasteiger partial charge in [0, 0.05) is 5.04 Å². The van der Waals surface area contributed by atoms with Crippen molar-refractivity contribution < 1.29 is 0 Å². The molecular formula is H4INP2. The summed E-state index contributed by atoms with van der Waals surface area (Å²) in [6.45, 7) is 0. The monoisotopic (exact) mass is 207 g/mol. The van der Waals surface area contributed by atoms with Crippen molar-refractivity contribution >= 4 is 36.0 Å². The molecule has 0 aliphatic rings. The van der Waals surface area contributed by atoms with Gasteiger partial charge in [0.15, 0.2) is 0 Å². The van der Waals surface area contributed by atoms with Crippen LogP contribution < -0.4 is 0 Å². The molecule has 2 unspecified atom stereocenters. The average Bonchev–Trinajstić information content (AvgIpc) is 0.811. The summed E-state index contributed by atoms with van der Waals surface area (Å²) in [4.78, 5) is 0. The smallest absolute Gasteiger partial charge is 0.0284 e. The number of nitrogens with one attached hydrogen (secondary N) is 1. The van der Waals surface area contributed by atoms with Crippen LogP contribution >= 0.6 is 36.0 Å². The van der Waals surface area contributed by atoms with E-state index >= 15 is 0 Å². The molecular weight excluding hydrogens is 203 g/mol. The summed E-state index contributed by atoms with van der Waals surface area (Å²) in [5.41, 5.74) is 0. The van der Waals surface area contributed by atoms with Crippen LogP contribution in [0.3, 0.4) is 0 Å². The van der Waals surface area contributed by atoms with Gasteiger partial charge in [-0.15, -0.1) is 0 Å². The molecule has 4 heavy (non-hydrogen) atoms. The van der Waals surface area contributed by atoms with Crippen molar-refractivity contribution in [1.29, 1.82) is 5.16 Å². The van der Waals surface area contributed by atoms with E-state index in [0.717, 1.165) is 0 Å². The quantitative estimate of drug-likeness (QED) is 0.464. The van der Waals surface area contributed by atoms with E-state index in [1.807, 2.05) is 0 Å². The highest BCUT2D eigenvalue weighted by molar-refractivity contribution is 14.2. The molecule has 0 aliphatic heterocycles. The van der Waals surface area contributed by atoms with Gasteiger partial charge in [0.1, 0.15) is 0 Å². The molecule has 0 aliphatic carbocycles. The Labute approximate surface area is 41.4 Å². The van der Waals surface area contributed by atoms with Crippen LogP contribution in [0.1, 0.15) is 0 Å². The standard InChI is InChI=1S/H4INP2/c1-4(2)3/h2,4H,3H2. The zero-order valence-electron chi connectivity index (χ0n) is 1.96. The van der Waals surface area contributed by atoms with E-state index in [1.165, 1.54) is 0 Å². The maximum absolute atomic E-state index is 6.63. The van der Waals surface area contributed by atoms with Crippen molar-refractivity contribution in [3.05, 3.63) is 0 Å². The Hall–Kier alpha value is 1.39. The van der Waals surface area contributed by atoms with Crippen LogP contribution in [0.2, 0.25) is 0 Å². The Balaban J connectivity index is 2.80. The summed E-state index contributed by atoms with van der Waals surface area (Å²) in [6.07, 6.45) is 0. The van der Waals surface area contributed by atoms with E-state index in [9.17, 15) is 0 Å². The maximum Gasteiger partial charge on any atom is 0.0284 e. The molecule has 0 heterocycles. The maximum atomic E-state index is 6.63. The fraction of sp³-hybridized carbons (Fsp3) is 0. The first-order valence-electron chi connectivity index (χ1n) is 0.728. The van der Waals surface area contributed by atoms with Crippen LogP contribution in [-0.4, -0.2) is 0 Å². The van der Waals surface area contributed by atoms with Crippen molar-refractivity contribution in [2.24, 2.45) is 0 Å². The molecule has 1 nitrogen and oxygen atoms in total. The summed E-state index contributed by atoms with van der Waals surface area (Å²) in [7, 11) is 2.41. The minimum atomic E-state index is -0.743. The van der Waals surface area contributed by atoms with Crippen LogP contribution in [-0.2, 0) is 0 Å². The fourth-order valence-electron chi connectivity index (χ4n) is 0. The van der Waals surface area contributed by atoms with Gasteiger partial charge in [-0.1, -0.05) is 8.93 Å². The fourth-order valence-corrected chi connectivity index (χ4v) is 0. The second-order valence-corrected chi connectivity index (χ2v) is 9.79. The van der Waals surface area contributed by atoms with E-state index in [-0.39, 0.29) is 0 Å². The molecule has 0 spiro atoms. The Morgan fingerprint density at radius 2 is 2.00 bits per heavy atom. The average molecular weight is 207 g/mol. The van der Waals surface area contributed by atoms with Crippen LogP contribution in [0.4, 0.5) is 0 Å². The highest BCUT2D eigenvalue weighted by Gasteiger charge is 1.55. The van der Waals surface area contributed by atoms with Crippen molar-refractivity contribution in [1.82, 2.24) is 0 Å². The Kier molecular flexibility index (Phi) is 3.53. The molecule has 0 amide bonds. The number of rotatable bonds is 0. The normalized spacial score (nSPS) is 15.5. The minimum Gasteiger partial charge on any atom is -0.308 e. The zero-order valence-corrected chi connectivity index (χ0v) is 6.27. The molecule has 2 atom stereocenters. The lowest BCUT2D eigenvalue weighted by molar-refractivity contribution is 1.66. The van der Waals surface area contributed by atoms with E-state index in [1.54, 1.807) is 0 Å². The van der Waals surface area contributed by atoms with E-state index in [0.29, 0.717) is 0 Å². The molecule has 0 bridgehead atoms. The van der Waals surface area contributed by atoms with Gasteiger partial charge in [-0.2, -0.15) is 0 Å². The SMILES string of the molecule is N=[PH](P)I. The summed E-state index contributed by atoms with van der Waals surface area (Å²) in [5.74, 6) is 0. The lowest BCUT2D eigenvalue weighted by Gasteiger charge is -1.63. The molecule has 0 saturated carbocycles. The molecule has 0 saturated heterocycles. The van der Waals surface area contributed by atoms with Gasteiger partial charge >= 0.3 is 0 Å². The van der Waals surface area contributed by atoms with Gasteiger partial charge in [0.05, 0.1) is 0 Å². The van der Waals surface area contributed by atoms with E-state index in [4.69, 9.17) is 5.16 Å². The van der Waals surface area contributed by atoms with Gasteiger partial charge in [-0.3, -0.25) is 0 Å². The van der Waals surface area contributed by atoms with Crippen LogP contribution in [0.5, 0.6) is 0 Å². The Morgan fingerprint density at radius 3 is 2.00 bits per heavy atom. The molecule has 0 aromatic heterocycles. The lowest BCUT2D eigenvalue weighted by Crippen LogP contribution is -0.842. The topological polar surface area (TPSA) is 23.9 Å². The summed E-state index contributed by atoms with van der Waals surface area (Å²) >= 11 is 2.07. The van der Waals surface area contributed by atoms with Crippen molar-refractivity contribution in [2.45, 2.75) is 0 Å². The van der Waals surface area contributed by atoms with E-state index < -0.39 is 5.04 Å². The van der Waals surface area contributed by atoms with Gasteiger partial charge in [-0.25, -0.2) is 0 Å². The van der Waals surface area contributed by atoms with Crippen LogP contribution in [0.25, 0.3) is 0 Å². The van der Waals surface area contributed by atoms with Gasteiger partial charge in [0.25, 0.3) is 0 Å². The first-order chi connectivity index (χ1) is 1.73. The third kappa shape index (κ3) is 10.0. The summed E-state index contributed by atoms with van der Waals surface area (Å²) in [6, 6.07) is 0. The summed E-state index contributed by atoms with van der Waals surface area (Å²) in [5, 5.41) is 5.89. The molecule has 0 radical (unpaired) electrons. The van der Waals surface area contributed by atoms with Crippen molar-refractivity contribution in [2.75, 3.05) is 0 Å². The first-order valence-corrected chi connectivity index (χ1v) is 7.15. The van der Waals surface area contributed by atoms with Gasteiger partial charge < -0.3 is 5.16 Å². The molecule has 26 valence electrons. The van der Waals surface area contributed by atoms with Crippen molar-refractivity contribution in [3.8, 4) is 0 Å². The molecule has 0 fully saturated rings. The van der Waals surface area contributed by atoms with Gasteiger partial charge in [-0.05, 0) is 22.0 Å². The second-order valence-electron chi connectivity index (χ2n) is 0.348. The first kappa shape index (κ1) is 5.39. The highest BCUT2D eigenvalue weighted by Crippen LogP contribution is 2.39. The van der Waals surface area contributed by atoms with Gasteiger partial charge in [0.2, 0.25) is 0 Å². The number of hydrogen-bond donors (Lipinski definition) is 1. The lowest BCUT2D eigenvalue weighted by atomic mass is 14.0. The molecule has 0 aromatic rings. The summed E-state index contributed by atoms with van der Waals surface area (Å²) < 4.78 is 0. The number of hydrogen-bond acceptors (Lipinski definition) is 1. The van der Waals surface area contributed by atoms with E-state index in [2.05, 4.69) is 31.0 Å². The number of halogens is 1. The largest absolute Gasteiger partial charge is 0.308 e. The molecule has 0 rings (SSSR count). The zero-order chi connectivity index (χ0) is 3.58. The Morgan fingerprint density at radius 1 is 2.00 bits per heavy atom. The predicted molar refractivity (Wildman–Crippen MR) is 34.8 cm³/mol. The predicted octanol–water partition coefficient (Wildman–Crippen LogP) is 2.10. The third-order valence-electron chi connectivity index (χ3n) is 0. The second kappa shape index (κ2) is 2.62. The van der Waals surface area contributed by atoms with Crippen LogP contribution in [0, 0.1) is 5.16 Å². The third-order valence-corrected chi connectivity index (χ3v) is 0. The Bertz CT molecular complexity index is 29.0. The molecule has 4 heteroatoms. The van der Waals surface area contributed by atoms with Crippen molar-refractivity contribution in [3.63, 3.8) is 0 Å². The van der Waals surface area contributed by atoms with Crippen LogP contribution in [0.15, 0.2) is 0 Å². The minimum absolute atomic E-state index is 0.743. The molecule has 1 N–H and O–H groups in total.